The third-order valence-corrected chi connectivity index (χ3v) is 5.75. The Morgan fingerprint density at radius 2 is 2.00 bits per heavy atom. The fraction of sp³-hybridized carbons (Fsp3) is 0.304. The van der Waals surface area contributed by atoms with Crippen LogP contribution in [0, 0.1) is 11.7 Å². The maximum atomic E-state index is 14.0. The van der Waals surface area contributed by atoms with Crippen molar-refractivity contribution in [2.75, 3.05) is 13.1 Å². The summed E-state index contributed by atoms with van der Waals surface area (Å²) in [5, 5.41) is 3.93. The van der Waals surface area contributed by atoms with Crippen molar-refractivity contribution in [1.82, 2.24) is 24.6 Å². The van der Waals surface area contributed by atoms with Crippen molar-refractivity contribution in [2.24, 2.45) is 5.92 Å². The molecule has 0 aliphatic carbocycles. The lowest BCUT2D eigenvalue weighted by atomic mass is 9.94. The number of amides is 1. The standard InChI is InChI=1S/C23H22FN5O2/c24-18-8-2-1-7-17(18)23-26-21(31-27-23)12-16-6-5-11-28(13-16)22(30)14-29-15-25-19-9-3-4-10-20(19)29/h1-4,7-10,15-16H,5-6,11-14H2/t16-/m0/s1. The lowest BCUT2D eigenvalue weighted by Gasteiger charge is -2.32. The molecule has 0 spiro atoms. The number of benzene rings is 2. The molecule has 1 aliphatic heterocycles. The van der Waals surface area contributed by atoms with Crippen molar-refractivity contribution >= 4 is 16.9 Å². The first-order valence-corrected chi connectivity index (χ1v) is 10.4. The fourth-order valence-electron chi connectivity index (χ4n) is 4.18. The Labute approximate surface area is 178 Å². The molecule has 1 amide bonds. The van der Waals surface area contributed by atoms with Gasteiger partial charge in [0.1, 0.15) is 12.4 Å². The van der Waals surface area contributed by atoms with Gasteiger partial charge in [0.05, 0.1) is 22.9 Å². The largest absolute Gasteiger partial charge is 0.341 e. The fourth-order valence-corrected chi connectivity index (χ4v) is 4.18. The topological polar surface area (TPSA) is 77.1 Å². The van der Waals surface area contributed by atoms with Crippen molar-refractivity contribution in [3.63, 3.8) is 0 Å². The molecule has 0 radical (unpaired) electrons. The highest BCUT2D eigenvalue weighted by Gasteiger charge is 2.26. The molecule has 5 rings (SSSR count). The molecule has 1 aliphatic rings. The summed E-state index contributed by atoms with van der Waals surface area (Å²) in [5.74, 6) is 0.648. The van der Waals surface area contributed by atoms with Gasteiger partial charge in [0.2, 0.25) is 17.6 Å². The monoisotopic (exact) mass is 419 g/mol. The predicted molar refractivity (Wildman–Crippen MR) is 112 cm³/mol. The van der Waals surface area contributed by atoms with Crippen LogP contribution in [0.4, 0.5) is 4.39 Å². The minimum atomic E-state index is -0.378. The SMILES string of the molecule is O=C(Cn1cnc2ccccc21)N1CCC[C@@H](Cc2nc(-c3ccccc3F)no2)C1. The first-order chi connectivity index (χ1) is 15.2. The molecule has 2 aromatic carbocycles. The molecule has 0 saturated carbocycles. The molecule has 0 unspecified atom stereocenters. The molecular formula is C23H22FN5O2. The number of fused-ring (bicyclic) bond motifs is 1. The van der Waals surface area contributed by atoms with Crippen LogP contribution in [0.3, 0.4) is 0 Å². The van der Waals surface area contributed by atoms with Crippen molar-refractivity contribution in [3.8, 4) is 11.4 Å². The number of halogens is 1. The van der Waals surface area contributed by atoms with E-state index >= 15 is 0 Å². The summed E-state index contributed by atoms with van der Waals surface area (Å²) < 4.78 is 21.2. The Morgan fingerprint density at radius 3 is 2.90 bits per heavy atom. The summed E-state index contributed by atoms with van der Waals surface area (Å²) >= 11 is 0. The number of hydrogen-bond acceptors (Lipinski definition) is 5. The Morgan fingerprint density at radius 1 is 1.16 bits per heavy atom. The highest BCUT2D eigenvalue weighted by atomic mass is 19.1. The molecule has 7 nitrogen and oxygen atoms in total. The van der Waals surface area contributed by atoms with Gasteiger partial charge in [0.25, 0.3) is 0 Å². The number of para-hydroxylation sites is 2. The average Bonchev–Trinajstić information content (AvgIpc) is 3.42. The van der Waals surface area contributed by atoms with Crippen LogP contribution in [0.15, 0.2) is 59.4 Å². The smallest absolute Gasteiger partial charge is 0.242 e. The maximum absolute atomic E-state index is 14.0. The molecule has 3 heterocycles. The van der Waals surface area contributed by atoms with Gasteiger partial charge < -0.3 is 14.0 Å². The van der Waals surface area contributed by atoms with Gasteiger partial charge in [-0.3, -0.25) is 4.79 Å². The average molecular weight is 419 g/mol. The lowest BCUT2D eigenvalue weighted by molar-refractivity contribution is -0.133. The van der Waals surface area contributed by atoms with Crippen molar-refractivity contribution in [3.05, 3.63) is 66.6 Å². The van der Waals surface area contributed by atoms with Crippen LogP contribution in [-0.2, 0) is 17.8 Å². The quantitative estimate of drug-likeness (QED) is 0.493. The van der Waals surface area contributed by atoms with Crippen LogP contribution >= 0.6 is 0 Å². The number of carbonyl (C=O) groups excluding carboxylic acids is 1. The molecule has 0 N–H and O–H groups in total. The summed E-state index contributed by atoms with van der Waals surface area (Å²) in [5.41, 5.74) is 2.16. The number of rotatable bonds is 5. The number of aromatic nitrogens is 4. The highest BCUT2D eigenvalue weighted by molar-refractivity contribution is 5.80. The van der Waals surface area contributed by atoms with E-state index in [0.29, 0.717) is 24.4 Å². The van der Waals surface area contributed by atoms with E-state index in [1.165, 1.54) is 6.07 Å². The van der Waals surface area contributed by atoms with Crippen molar-refractivity contribution < 1.29 is 13.7 Å². The van der Waals surface area contributed by atoms with Crippen LogP contribution in [0.25, 0.3) is 22.4 Å². The second-order valence-corrected chi connectivity index (χ2v) is 7.90. The minimum absolute atomic E-state index is 0.0745. The second-order valence-electron chi connectivity index (χ2n) is 7.90. The van der Waals surface area contributed by atoms with Gasteiger partial charge in [-0.05, 0) is 43.0 Å². The van der Waals surface area contributed by atoms with E-state index in [2.05, 4.69) is 15.1 Å². The van der Waals surface area contributed by atoms with Crippen LogP contribution in [-0.4, -0.2) is 43.6 Å². The Bertz CT molecular complexity index is 1220. The third kappa shape index (κ3) is 4.05. The van der Waals surface area contributed by atoms with Gasteiger partial charge in [-0.2, -0.15) is 4.98 Å². The summed E-state index contributed by atoms with van der Waals surface area (Å²) in [4.78, 5) is 23.5. The van der Waals surface area contributed by atoms with Crippen LogP contribution < -0.4 is 0 Å². The molecule has 1 fully saturated rings. The van der Waals surface area contributed by atoms with Crippen LogP contribution in [0.2, 0.25) is 0 Å². The zero-order valence-electron chi connectivity index (χ0n) is 16.9. The molecule has 8 heteroatoms. The molecule has 158 valence electrons. The number of imidazole rings is 1. The third-order valence-electron chi connectivity index (χ3n) is 5.75. The number of hydrogen-bond donors (Lipinski definition) is 0. The Kier molecular flexibility index (Phi) is 5.19. The molecule has 0 bridgehead atoms. The molecule has 4 aromatic rings. The predicted octanol–water partition coefficient (Wildman–Crippen LogP) is 3.71. The Balaban J connectivity index is 1.23. The Hall–Kier alpha value is -3.55. The molecule has 31 heavy (non-hydrogen) atoms. The zero-order chi connectivity index (χ0) is 21.2. The van der Waals surface area contributed by atoms with Gasteiger partial charge >= 0.3 is 0 Å². The van der Waals surface area contributed by atoms with Gasteiger partial charge in [-0.25, -0.2) is 9.37 Å². The van der Waals surface area contributed by atoms with Gasteiger partial charge in [0.15, 0.2) is 0 Å². The van der Waals surface area contributed by atoms with Crippen LogP contribution in [0.1, 0.15) is 18.7 Å². The summed E-state index contributed by atoms with van der Waals surface area (Å²) in [6.45, 7) is 1.65. The summed E-state index contributed by atoms with van der Waals surface area (Å²) in [6, 6.07) is 14.2. The van der Waals surface area contributed by atoms with Gasteiger partial charge in [-0.1, -0.05) is 29.4 Å². The first kappa shape index (κ1) is 19.4. The van der Waals surface area contributed by atoms with Crippen molar-refractivity contribution in [2.45, 2.75) is 25.8 Å². The number of likely N-dealkylation sites (tertiary alicyclic amines) is 1. The highest BCUT2D eigenvalue weighted by Crippen LogP contribution is 2.24. The van der Waals surface area contributed by atoms with E-state index in [9.17, 15) is 9.18 Å². The van der Waals surface area contributed by atoms with E-state index in [-0.39, 0.29) is 30.0 Å². The molecule has 2 aromatic heterocycles. The molecule has 1 atom stereocenters. The van der Waals surface area contributed by atoms with E-state index < -0.39 is 0 Å². The van der Waals surface area contributed by atoms with Gasteiger partial charge in [-0.15, -0.1) is 0 Å². The zero-order valence-corrected chi connectivity index (χ0v) is 16.9. The van der Waals surface area contributed by atoms with Crippen molar-refractivity contribution in [1.29, 1.82) is 0 Å². The number of nitrogens with zero attached hydrogens (tertiary/aromatic N) is 5. The minimum Gasteiger partial charge on any atom is -0.341 e. The second kappa shape index (κ2) is 8.29. The first-order valence-electron chi connectivity index (χ1n) is 10.4. The van der Waals surface area contributed by atoms with E-state index in [0.717, 1.165) is 30.4 Å². The van der Waals surface area contributed by atoms with E-state index in [1.807, 2.05) is 33.7 Å². The van der Waals surface area contributed by atoms with Crippen LogP contribution in [0.5, 0.6) is 0 Å². The summed E-state index contributed by atoms with van der Waals surface area (Å²) in [7, 11) is 0. The van der Waals surface area contributed by atoms with Gasteiger partial charge in [0, 0.05) is 19.5 Å². The lowest BCUT2D eigenvalue weighted by Crippen LogP contribution is -2.42. The summed E-state index contributed by atoms with van der Waals surface area (Å²) in [6.07, 6.45) is 4.19. The molecular weight excluding hydrogens is 397 g/mol. The molecule has 1 saturated heterocycles. The normalized spacial score (nSPS) is 16.7. The van der Waals surface area contributed by atoms with E-state index in [1.54, 1.807) is 24.5 Å². The maximum Gasteiger partial charge on any atom is 0.242 e. The number of piperidine rings is 1. The number of carbonyl (C=O) groups is 1. The van der Waals surface area contributed by atoms with E-state index in [4.69, 9.17) is 4.52 Å².